The summed E-state index contributed by atoms with van der Waals surface area (Å²) in [5.41, 5.74) is -0.936. The first-order chi connectivity index (χ1) is 12.0. The number of esters is 1. The highest BCUT2D eigenvalue weighted by Crippen LogP contribution is 2.45. The first kappa shape index (κ1) is 19.2. The van der Waals surface area contributed by atoms with E-state index in [1.54, 1.807) is 51.1 Å². The van der Waals surface area contributed by atoms with Crippen LogP contribution in [0.5, 0.6) is 0 Å². The van der Waals surface area contributed by atoms with Crippen molar-refractivity contribution in [1.29, 1.82) is 0 Å². The molecule has 1 aromatic carbocycles. The molecule has 2 heterocycles. The zero-order valence-electron chi connectivity index (χ0n) is 15.0. The van der Waals surface area contributed by atoms with Gasteiger partial charge < -0.3 is 18.9 Å². The molecule has 3 rings (SSSR count). The first-order valence-electron chi connectivity index (χ1n) is 8.14. The molecule has 4 atom stereocenters. The number of rotatable bonds is 5. The number of carbonyl (C=O) groups excluding carboxylic acids is 1. The molecule has 0 aliphatic carbocycles. The van der Waals surface area contributed by atoms with E-state index in [0.29, 0.717) is 5.56 Å². The van der Waals surface area contributed by atoms with Crippen molar-refractivity contribution >= 4 is 16.1 Å². The fourth-order valence-electron chi connectivity index (χ4n) is 3.04. The summed E-state index contributed by atoms with van der Waals surface area (Å²) in [5.74, 6) is -1.49. The van der Waals surface area contributed by atoms with E-state index in [1.807, 2.05) is 0 Å². The van der Waals surface area contributed by atoms with Gasteiger partial charge in [0.05, 0.1) is 18.4 Å². The molecule has 0 saturated carbocycles. The van der Waals surface area contributed by atoms with E-state index in [2.05, 4.69) is 0 Å². The summed E-state index contributed by atoms with van der Waals surface area (Å²) < 4.78 is 50.6. The zero-order valence-corrected chi connectivity index (χ0v) is 15.8. The second kappa shape index (κ2) is 6.58. The summed E-state index contributed by atoms with van der Waals surface area (Å²) in [6.45, 7) is 4.74. The minimum absolute atomic E-state index is 0.322. The van der Waals surface area contributed by atoms with E-state index in [4.69, 9.17) is 23.1 Å². The van der Waals surface area contributed by atoms with Gasteiger partial charge in [0.15, 0.2) is 23.8 Å². The molecule has 0 unspecified atom stereocenters. The van der Waals surface area contributed by atoms with Crippen molar-refractivity contribution in [2.75, 3.05) is 12.9 Å². The second-order valence-corrected chi connectivity index (χ2v) is 8.62. The average Bonchev–Trinajstić information content (AvgIpc) is 2.97. The summed E-state index contributed by atoms with van der Waals surface area (Å²) in [6.07, 6.45) is -1.47. The summed E-state index contributed by atoms with van der Waals surface area (Å²) in [4.78, 5) is 12.6. The Morgan fingerprint density at radius 1 is 1.15 bits per heavy atom. The summed E-state index contributed by atoms with van der Waals surface area (Å²) in [7, 11) is -3.69. The lowest BCUT2D eigenvalue weighted by molar-refractivity contribution is -0.229. The van der Waals surface area contributed by atoms with Crippen molar-refractivity contribution in [3.63, 3.8) is 0 Å². The normalized spacial score (nSPS) is 33.0. The Bertz CT molecular complexity index is 775. The molecular weight excluding hydrogens is 364 g/mol. The molecule has 2 fully saturated rings. The number of ether oxygens (including phenoxy) is 4. The molecular formula is C17H22O8S. The van der Waals surface area contributed by atoms with Gasteiger partial charge in [0.1, 0.15) is 6.10 Å². The molecule has 0 spiro atoms. The lowest BCUT2D eigenvalue weighted by atomic mass is 9.94. The van der Waals surface area contributed by atoms with Crippen molar-refractivity contribution in [1.82, 2.24) is 0 Å². The van der Waals surface area contributed by atoms with Gasteiger partial charge in [-0.05, 0) is 32.9 Å². The smallest absolute Gasteiger partial charge is 0.338 e. The third kappa shape index (κ3) is 3.91. The molecule has 2 aliphatic heterocycles. The molecule has 26 heavy (non-hydrogen) atoms. The van der Waals surface area contributed by atoms with E-state index >= 15 is 0 Å². The Balaban J connectivity index is 1.85. The van der Waals surface area contributed by atoms with E-state index in [9.17, 15) is 13.2 Å². The van der Waals surface area contributed by atoms with Gasteiger partial charge in [-0.3, -0.25) is 4.18 Å². The zero-order chi connectivity index (χ0) is 19.2. The SMILES string of the molecule is CC1(C)O[C@H]2O[C@H](COS(C)(=O)=O)[C@](C)(OC(=O)c3ccccc3)[C@H]2O1. The summed E-state index contributed by atoms with van der Waals surface area (Å²) in [5, 5.41) is 0. The highest BCUT2D eigenvalue weighted by atomic mass is 32.2. The van der Waals surface area contributed by atoms with Gasteiger partial charge in [-0.25, -0.2) is 4.79 Å². The Morgan fingerprint density at radius 3 is 2.42 bits per heavy atom. The number of hydrogen-bond acceptors (Lipinski definition) is 8. The van der Waals surface area contributed by atoms with Gasteiger partial charge >= 0.3 is 5.97 Å². The van der Waals surface area contributed by atoms with E-state index < -0.39 is 46.0 Å². The number of fused-ring (bicyclic) bond motifs is 1. The van der Waals surface area contributed by atoms with Crippen LogP contribution in [-0.2, 0) is 33.2 Å². The molecule has 9 heteroatoms. The standard InChI is InChI=1S/C17H22O8S/c1-16(2)23-13-15(25-16)22-12(10-21-26(4,19)20)17(13,3)24-14(18)11-8-6-5-7-9-11/h5-9,12-13,15H,10H2,1-4H3/t12-,13+,15-,17+/m1/s1. The van der Waals surface area contributed by atoms with Gasteiger partial charge in [0, 0.05) is 0 Å². The molecule has 0 amide bonds. The largest absolute Gasteiger partial charge is 0.450 e. The number of carbonyl (C=O) groups is 1. The molecule has 0 bridgehead atoms. The average molecular weight is 386 g/mol. The Morgan fingerprint density at radius 2 is 1.81 bits per heavy atom. The third-order valence-corrected chi connectivity index (χ3v) is 4.88. The van der Waals surface area contributed by atoms with Crippen LogP contribution in [0.15, 0.2) is 30.3 Å². The maximum absolute atomic E-state index is 12.6. The van der Waals surface area contributed by atoms with Gasteiger partial charge in [0.2, 0.25) is 0 Å². The highest BCUT2D eigenvalue weighted by Gasteiger charge is 2.64. The van der Waals surface area contributed by atoms with Gasteiger partial charge in [-0.1, -0.05) is 18.2 Å². The van der Waals surface area contributed by atoms with Crippen LogP contribution in [0.4, 0.5) is 0 Å². The highest BCUT2D eigenvalue weighted by molar-refractivity contribution is 7.85. The van der Waals surface area contributed by atoms with Crippen molar-refractivity contribution in [3.05, 3.63) is 35.9 Å². The van der Waals surface area contributed by atoms with Crippen LogP contribution in [-0.4, -0.2) is 57.1 Å². The lowest BCUT2D eigenvalue weighted by Gasteiger charge is -2.34. The van der Waals surface area contributed by atoms with Gasteiger partial charge in [-0.15, -0.1) is 0 Å². The van der Waals surface area contributed by atoms with Crippen LogP contribution in [0, 0.1) is 0 Å². The second-order valence-electron chi connectivity index (χ2n) is 6.98. The molecule has 1 aromatic rings. The fourth-order valence-corrected chi connectivity index (χ4v) is 3.41. The number of benzene rings is 1. The van der Waals surface area contributed by atoms with Crippen molar-refractivity contribution in [3.8, 4) is 0 Å². The van der Waals surface area contributed by atoms with Crippen LogP contribution >= 0.6 is 0 Å². The van der Waals surface area contributed by atoms with E-state index in [-0.39, 0.29) is 6.61 Å². The minimum Gasteiger partial charge on any atom is -0.450 e. The third-order valence-electron chi connectivity index (χ3n) is 4.32. The molecule has 0 N–H and O–H groups in total. The minimum atomic E-state index is -3.69. The Kier molecular flexibility index (Phi) is 4.87. The van der Waals surface area contributed by atoms with Crippen LogP contribution in [0.1, 0.15) is 31.1 Å². The van der Waals surface area contributed by atoms with Crippen LogP contribution < -0.4 is 0 Å². The van der Waals surface area contributed by atoms with Crippen LogP contribution in [0.2, 0.25) is 0 Å². The number of hydrogen-bond donors (Lipinski definition) is 0. The van der Waals surface area contributed by atoms with Gasteiger partial charge in [-0.2, -0.15) is 8.42 Å². The van der Waals surface area contributed by atoms with E-state index in [0.717, 1.165) is 6.26 Å². The molecule has 8 nitrogen and oxygen atoms in total. The maximum Gasteiger partial charge on any atom is 0.338 e. The molecule has 144 valence electrons. The molecule has 0 aromatic heterocycles. The van der Waals surface area contributed by atoms with Crippen molar-refractivity contribution < 1.29 is 36.3 Å². The predicted molar refractivity (Wildman–Crippen MR) is 89.8 cm³/mol. The quantitative estimate of drug-likeness (QED) is 0.554. The Hall–Kier alpha value is -1.52. The van der Waals surface area contributed by atoms with Crippen LogP contribution in [0.25, 0.3) is 0 Å². The monoisotopic (exact) mass is 386 g/mol. The molecule has 2 saturated heterocycles. The topological polar surface area (TPSA) is 97.4 Å². The van der Waals surface area contributed by atoms with Crippen molar-refractivity contribution in [2.24, 2.45) is 0 Å². The van der Waals surface area contributed by atoms with Gasteiger partial charge in [0.25, 0.3) is 10.1 Å². The van der Waals surface area contributed by atoms with Crippen molar-refractivity contribution in [2.45, 2.75) is 50.7 Å². The maximum atomic E-state index is 12.6. The predicted octanol–water partition coefficient (Wildman–Crippen LogP) is 1.45. The summed E-state index contributed by atoms with van der Waals surface area (Å²) in [6, 6.07) is 8.46. The molecule has 0 radical (unpaired) electrons. The fraction of sp³-hybridized carbons (Fsp3) is 0.588. The van der Waals surface area contributed by atoms with E-state index in [1.165, 1.54) is 0 Å². The van der Waals surface area contributed by atoms with Crippen LogP contribution in [0.3, 0.4) is 0 Å². The molecule has 2 aliphatic rings. The summed E-state index contributed by atoms with van der Waals surface area (Å²) >= 11 is 0. The lowest BCUT2D eigenvalue weighted by Crippen LogP contribution is -2.51. The first-order valence-corrected chi connectivity index (χ1v) is 9.96. The Labute approximate surface area is 152 Å².